The molecule has 0 spiro atoms. The van der Waals surface area contributed by atoms with Crippen LogP contribution in [0.3, 0.4) is 0 Å². The maximum Gasteiger partial charge on any atom is 0.162 e. The van der Waals surface area contributed by atoms with Gasteiger partial charge in [0.1, 0.15) is 5.75 Å². The molecular formula is C14H16O2. The molecule has 0 saturated carbocycles. The lowest BCUT2D eigenvalue weighted by Gasteiger charge is -2.11. The molecule has 0 fully saturated rings. The van der Waals surface area contributed by atoms with Crippen LogP contribution in [0.5, 0.6) is 5.75 Å². The molecule has 1 aromatic rings. The van der Waals surface area contributed by atoms with Crippen molar-refractivity contribution >= 4 is 5.78 Å². The highest BCUT2D eigenvalue weighted by Crippen LogP contribution is 2.20. The number of aryl methyl sites for hydroxylation is 2. The van der Waals surface area contributed by atoms with Crippen molar-refractivity contribution in [1.82, 2.24) is 0 Å². The summed E-state index contributed by atoms with van der Waals surface area (Å²) in [5.41, 5.74) is 2.37. The van der Waals surface area contributed by atoms with Crippen molar-refractivity contribution in [2.75, 3.05) is 6.61 Å². The molecule has 16 heavy (non-hydrogen) atoms. The van der Waals surface area contributed by atoms with Crippen LogP contribution < -0.4 is 4.74 Å². The first kappa shape index (κ1) is 10.9. The minimum absolute atomic E-state index is 0.0146. The van der Waals surface area contributed by atoms with Crippen molar-refractivity contribution < 1.29 is 9.53 Å². The molecule has 2 heteroatoms. The van der Waals surface area contributed by atoms with Gasteiger partial charge in [-0.1, -0.05) is 12.1 Å². The summed E-state index contributed by atoms with van der Waals surface area (Å²) in [6.45, 7) is 4.57. The van der Waals surface area contributed by atoms with E-state index in [2.05, 4.69) is 6.07 Å². The number of carbonyl (C=O) groups excluding carboxylic acids is 1. The van der Waals surface area contributed by atoms with E-state index >= 15 is 0 Å². The molecule has 0 bridgehead atoms. The molecule has 84 valence electrons. The van der Waals surface area contributed by atoms with Crippen LogP contribution >= 0.6 is 0 Å². The number of carbonyl (C=O) groups is 1. The zero-order chi connectivity index (χ0) is 11.5. The van der Waals surface area contributed by atoms with Gasteiger partial charge in [0.2, 0.25) is 0 Å². The fourth-order valence-electron chi connectivity index (χ4n) is 1.96. The molecule has 2 nitrogen and oxygen atoms in total. The molecule has 0 heterocycles. The maximum absolute atomic E-state index is 11.4. The van der Waals surface area contributed by atoms with E-state index in [9.17, 15) is 4.79 Å². The Balaban J connectivity index is 1.97. The average molecular weight is 216 g/mol. The summed E-state index contributed by atoms with van der Waals surface area (Å²) in [4.78, 5) is 11.4. The SMILES string of the molecule is Cc1cc(C)cc(OC[C@@H]2CC=CC2=O)c1. The first-order valence-corrected chi connectivity index (χ1v) is 5.56. The van der Waals surface area contributed by atoms with Crippen molar-refractivity contribution in [3.63, 3.8) is 0 Å². The van der Waals surface area contributed by atoms with Crippen molar-refractivity contribution in [3.05, 3.63) is 41.5 Å². The van der Waals surface area contributed by atoms with Crippen LogP contribution in [0, 0.1) is 19.8 Å². The molecule has 0 radical (unpaired) electrons. The summed E-state index contributed by atoms with van der Waals surface area (Å²) in [5, 5.41) is 0. The first-order chi connectivity index (χ1) is 7.65. The third-order valence-electron chi connectivity index (χ3n) is 2.75. The highest BCUT2D eigenvalue weighted by molar-refractivity contribution is 5.94. The fraction of sp³-hybridized carbons (Fsp3) is 0.357. The Kier molecular flexibility index (Phi) is 3.09. The van der Waals surface area contributed by atoms with E-state index in [0.29, 0.717) is 6.61 Å². The van der Waals surface area contributed by atoms with Crippen LogP contribution in [-0.4, -0.2) is 12.4 Å². The van der Waals surface area contributed by atoms with Gasteiger partial charge in [-0.3, -0.25) is 4.79 Å². The Morgan fingerprint density at radius 1 is 1.25 bits per heavy atom. The van der Waals surface area contributed by atoms with Gasteiger partial charge in [-0.25, -0.2) is 0 Å². The number of benzene rings is 1. The van der Waals surface area contributed by atoms with Crippen molar-refractivity contribution in [1.29, 1.82) is 0 Å². The van der Waals surface area contributed by atoms with Gasteiger partial charge in [0.05, 0.1) is 12.5 Å². The lowest BCUT2D eigenvalue weighted by molar-refractivity contribution is -0.118. The summed E-state index contributed by atoms with van der Waals surface area (Å²) < 4.78 is 5.66. The summed E-state index contributed by atoms with van der Waals surface area (Å²) in [7, 11) is 0. The van der Waals surface area contributed by atoms with E-state index in [1.807, 2.05) is 32.1 Å². The van der Waals surface area contributed by atoms with Gasteiger partial charge >= 0.3 is 0 Å². The molecule has 0 unspecified atom stereocenters. The Morgan fingerprint density at radius 3 is 2.50 bits per heavy atom. The van der Waals surface area contributed by atoms with Gasteiger partial charge in [0.25, 0.3) is 0 Å². The van der Waals surface area contributed by atoms with Crippen LogP contribution in [0.25, 0.3) is 0 Å². The number of hydrogen-bond donors (Lipinski definition) is 0. The zero-order valence-corrected chi connectivity index (χ0v) is 9.69. The third-order valence-corrected chi connectivity index (χ3v) is 2.75. The van der Waals surface area contributed by atoms with Crippen LogP contribution in [0.15, 0.2) is 30.4 Å². The fourth-order valence-corrected chi connectivity index (χ4v) is 1.96. The second-order valence-corrected chi connectivity index (χ2v) is 4.37. The number of hydrogen-bond acceptors (Lipinski definition) is 2. The zero-order valence-electron chi connectivity index (χ0n) is 9.69. The van der Waals surface area contributed by atoms with Crippen molar-refractivity contribution in [2.45, 2.75) is 20.3 Å². The number of rotatable bonds is 3. The van der Waals surface area contributed by atoms with E-state index in [1.54, 1.807) is 6.08 Å². The molecule has 0 N–H and O–H groups in total. The van der Waals surface area contributed by atoms with E-state index < -0.39 is 0 Å². The van der Waals surface area contributed by atoms with Crippen LogP contribution in [0.4, 0.5) is 0 Å². The molecule has 1 atom stereocenters. The molecular weight excluding hydrogens is 200 g/mol. The molecule has 1 aliphatic rings. The summed E-state index contributed by atoms with van der Waals surface area (Å²) in [5.74, 6) is 1.06. The van der Waals surface area contributed by atoms with Gasteiger partial charge in [0.15, 0.2) is 5.78 Å². The molecule has 2 rings (SSSR count). The Hall–Kier alpha value is -1.57. The second kappa shape index (κ2) is 4.52. The lowest BCUT2D eigenvalue weighted by atomic mass is 10.1. The monoisotopic (exact) mass is 216 g/mol. The molecule has 1 aromatic carbocycles. The highest BCUT2D eigenvalue weighted by Gasteiger charge is 2.20. The minimum atomic E-state index is 0.0146. The van der Waals surface area contributed by atoms with Crippen molar-refractivity contribution in [3.8, 4) is 5.75 Å². The van der Waals surface area contributed by atoms with Crippen LogP contribution in [0.2, 0.25) is 0 Å². The maximum atomic E-state index is 11.4. The largest absolute Gasteiger partial charge is 0.493 e. The smallest absolute Gasteiger partial charge is 0.162 e. The molecule has 0 amide bonds. The van der Waals surface area contributed by atoms with Gasteiger partial charge in [-0.05, 0) is 49.6 Å². The highest BCUT2D eigenvalue weighted by atomic mass is 16.5. The molecule has 0 aromatic heterocycles. The van der Waals surface area contributed by atoms with Crippen LogP contribution in [-0.2, 0) is 4.79 Å². The van der Waals surface area contributed by atoms with E-state index in [1.165, 1.54) is 11.1 Å². The lowest BCUT2D eigenvalue weighted by Crippen LogP contribution is -2.16. The Labute approximate surface area is 95.9 Å². The van der Waals surface area contributed by atoms with Crippen molar-refractivity contribution in [2.24, 2.45) is 5.92 Å². The third kappa shape index (κ3) is 2.51. The molecule has 0 aliphatic heterocycles. The number of ether oxygens (including phenoxy) is 1. The minimum Gasteiger partial charge on any atom is -0.493 e. The summed E-state index contributed by atoms with van der Waals surface area (Å²) >= 11 is 0. The van der Waals surface area contributed by atoms with Crippen LogP contribution in [0.1, 0.15) is 17.5 Å². The first-order valence-electron chi connectivity index (χ1n) is 5.56. The van der Waals surface area contributed by atoms with Gasteiger partial charge in [0, 0.05) is 0 Å². The average Bonchev–Trinajstić information content (AvgIpc) is 2.59. The number of allylic oxidation sites excluding steroid dienone is 2. The Morgan fingerprint density at radius 2 is 1.94 bits per heavy atom. The quantitative estimate of drug-likeness (QED) is 0.776. The Bertz CT molecular complexity index is 412. The summed E-state index contributed by atoms with van der Waals surface area (Å²) in [6.07, 6.45) is 4.37. The van der Waals surface area contributed by atoms with Gasteiger partial charge < -0.3 is 4.74 Å². The topological polar surface area (TPSA) is 26.3 Å². The molecule has 0 saturated heterocycles. The number of ketones is 1. The standard InChI is InChI=1S/C14H16O2/c1-10-6-11(2)8-13(7-10)16-9-12-4-3-5-14(12)15/h3,5-8,12H,4,9H2,1-2H3/t12-/m0/s1. The van der Waals surface area contributed by atoms with Gasteiger partial charge in [-0.2, -0.15) is 0 Å². The summed E-state index contributed by atoms with van der Waals surface area (Å²) in [6, 6.07) is 6.11. The second-order valence-electron chi connectivity index (χ2n) is 4.37. The predicted octanol–water partition coefficient (Wildman–Crippen LogP) is 2.83. The van der Waals surface area contributed by atoms with Gasteiger partial charge in [-0.15, -0.1) is 0 Å². The van der Waals surface area contributed by atoms with E-state index in [-0.39, 0.29) is 11.7 Å². The molecule has 1 aliphatic carbocycles. The van der Waals surface area contributed by atoms with E-state index in [4.69, 9.17) is 4.74 Å². The predicted molar refractivity (Wildman–Crippen MR) is 63.7 cm³/mol. The normalized spacial score (nSPS) is 19.1. The van der Waals surface area contributed by atoms with E-state index in [0.717, 1.165) is 12.2 Å².